The molecule has 0 saturated carbocycles. The van der Waals surface area contributed by atoms with Crippen molar-refractivity contribution < 1.29 is 19.8 Å². The number of likely N-dealkylation sites (tertiary alicyclic amines) is 1. The molecule has 1 fully saturated rings. The summed E-state index contributed by atoms with van der Waals surface area (Å²) in [6, 6.07) is 15.8. The van der Waals surface area contributed by atoms with Crippen LogP contribution < -0.4 is 10.2 Å². The SMILES string of the molecule is COc1ccc2ncc(Cl)c([C@H](O)CCC3(C(=O)NO)CCN(CCCSc4ccccc4)CC3)c2c1. The van der Waals surface area contributed by atoms with Gasteiger partial charge in [-0.05, 0) is 87.8 Å². The highest BCUT2D eigenvalue weighted by Gasteiger charge is 2.41. The number of amides is 1. The first-order valence-electron chi connectivity index (χ1n) is 12.6. The fraction of sp³-hybridized carbons (Fsp3) is 0.429. The number of carbonyl (C=O) groups excluding carboxylic acids is 1. The lowest BCUT2D eigenvalue weighted by molar-refractivity contribution is -0.143. The molecule has 37 heavy (non-hydrogen) atoms. The van der Waals surface area contributed by atoms with Gasteiger partial charge in [-0.15, -0.1) is 11.8 Å². The lowest BCUT2D eigenvalue weighted by Crippen LogP contribution is -2.48. The molecule has 1 amide bonds. The number of rotatable bonds is 11. The van der Waals surface area contributed by atoms with Crippen LogP contribution in [0, 0.1) is 5.41 Å². The Labute approximate surface area is 227 Å². The summed E-state index contributed by atoms with van der Waals surface area (Å²) in [7, 11) is 1.58. The molecule has 9 heteroatoms. The molecule has 0 bridgehead atoms. The highest BCUT2D eigenvalue weighted by atomic mass is 35.5. The molecule has 3 aromatic rings. The molecular weight excluding hydrogens is 510 g/mol. The summed E-state index contributed by atoms with van der Waals surface area (Å²) in [6.07, 6.45) is 3.72. The van der Waals surface area contributed by atoms with Crippen molar-refractivity contribution in [3.05, 3.63) is 65.3 Å². The summed E-state index contributed by atoms with van der Waals surface area (Å²) in [4.78, 5) is 20.8. The summed E-state index contributed by atoms with van der Waals surface area (Å²) in [5.74, 6) is 1.31. The molecule has 1 aliphatic heterocycles. The van der Waals surface area contributed by atoms with Gasteiger partial charge in [0.25, 0.3) is 0 Å². The topological polar surface area (TPSA) is 94.9 Å². The number of aromatic nitrogens is 1. The number of hydrogen-bond donors (Lipinski definition) is 3. The Morgan fingerprint density at radius 3 is 2.70 bits per heavy atom. The van der Waals surface area contributed by atoms with Crippen molar-refractivity contribution in [3.63, 3.8) is 0 Å². The van der Waals surface area contributed by atoms with Crippen LogP contribution in [0.5, 0.6) is 5.75 Å². The Morgan fingerprint density at radius 1 is 1.24 bits per heavy atom. The number of carbonyl (C=O) groups is 1. The maximum atomic E-state index is 12.8. The van der Waals surface area contributed by atoms with E-state index in [4.69, 9.17) is 16.3 Å². The molecule has 0 radical (unpaired) electrons. The predicted molar refractivity (Wildman–Crippen MR) is 147 cm³/mol. The number of pyridine rings is 1. The molecule has 1 aromatic heterocycles. The number of benzene rings is 2. The van der Waals surface area contributed by atoms with E-state index in [1.807, 2.05) is 41.5 Å². The Kier molecular flexibility index (Phi) is 9.67. The van der Waals surface area contributed by atoms with E-state index in [1.54, 1.807) is 13.3 Å². The minimum atomic E-state index is -0.887. The van der Waals surface area contributed by atoms with Gasteiger partial charge in [-0.1, -0.05) is 29.8 Å². The molecule has 4 rings (SSSR count). The van der Waals surface area contributed by atoms with E-state index >= 15 is 0 Å². The number of halogens is 1. The van der Waals surface area contributed by atoms with Crippen LogP contribution in [0.3, 0.4) is 0 Å². The second kappa shape index (κ2) is 12.9. The Morgan fingerprint density at radius 2 is 2.00 bits per heavy atom. The number of nitrogens with zero attached hydrogens (tertiary/aromatic N) is 2. The average Bonchev–Trinajstić information content (AvgIpc) is 2.94. The van der Waals surface area contributed by atoms with Crippen molar-refractivity contribution in [1.82, 2.24) is 15.4 Å². The first-order valence-corrected chi connectivity index (χ1v) is 14.0. The molecule has 198 valence electrons. The summed E-state index contributed by atoms with van der Waals surface area (Å²) in [5, 5.41) is 21.8. The molecule has 3 N–H and O–H groups in total. The summed E-state index contributed by atoms with van der Waals surface area (Å²) < 4.78 is 5.34. The number of thioether (sulfide) groups is 1. The number of aliphatic hydroxyl groups excluding tert-OH is 1. The van der Waals surface area contributed by atoms with Gasteiger partial charge >= 0.3 is 0 Å². The van der Waals surface area contributed by atoms with Gasteiger partial charge in [0.05, 0.1) is 29.2 Å². The van der Waals surface area contributed by atoms with E-state index in [1.165, 1.54) is 4.90 Å². The van der Waals surface area contributed by atoms with Gasteiger partial charge in [-0.2, -0.15) is 0 Å². The molecule has 0 aliphatic carbocycles. The smallest absolute Gasteiger partial charge is 0.249 e. The number of ether oxygens (including phenoxy) is 1. The third-order valence-corrected chi connectivity index (χ3v) is 8.72. The number of hydroxylamine groups is 1. The summed E-state index contributed by atoms with van der Waals surface area (Å²) in [6.45, 7) is 2.52. The Bertz CT molecular complexity index is 1190. The van der Waals surface area contributed by atoms with Crippen molar-refractivity contribution in [2.45, 2.75) is 43.1 Å². The van der Waals surface area contributed by atoms with Crippen molar-refractivity contribution >= 4 is 40.2 Å². The van der Waals surface area contributed by atoms with Crippen LogP contribution in [0.2, 0.25) is 5.02 Å². The van der Waals surface area contributed by atoms with E-state index in [0.29, 0.717) is 47.5 Å². The molecular formula is C28H34ClN3O4S. The van der Waals surface area contributed by atoms with Gasteiger partial charge in [-0.3, -0.25) is 15.0 Å². The molecule has 1 atom stereocenters. The fourth-order valence-corrected chi connectivity index (χ4v) is 6.23. The first kappa shape index (κ1) is 27.7. The third kappa shape index (κ3) is 6.75. The zero-order chi connectivity index (χ0) is 26.3. The maximum absolute atomic E-state index is 12.8. The quantitative estimate of drug-likeness (QED) is 0.127. The number of methoxy groups -OCH3 is 1. The summed E-state index contributed by atoms with van der Waals surface area (Å²) in [5.41, 5.74) is 2.44. The van der Waals surface area contributed by atoms with Crippen LogP contribution in [-0.4, -0.2) is 58.6 Å². The van der Waals surface area contributed by atoms with Crippen molar-refractivity contribution in [3.8, 4) is 5.75 Å². The zero-order valence-electron chi connectivity index (χ0n) is 21.0. The van der Waals surface area contributed by atoms with Crippen LogP contribution in [0.1, 0.15) is 43.8 Å². The maximum Gasteiger partial charge on any atom is 0.249 e. The first-order chi connectivity index (χ1) is 18.0. The molecule has 1 saturated heterocycles. The van der Waals surface area contributed by atoms with Gasteiger partial charge in [0, 0.05) is 22.0 Å². The highest BCUT2D eigenvalue weighted by Crippen LogP contribution is 2.41. The molecule has 0 spiro atoms. The van der Waals surface area contributed by atoms with Crippen LogP contribution >= 0.6 is 23.4 Å². The fourth-order valence-electron chi connectivity index (χ4n) is 5.10. The van der Waals surface area contributed by atoms with E-state index in [2.05, 4.69) is 34.1 Å². The van der Waals surface area contributed by atoms with Gasteiger partial charge < -0.3 is 14.7 Å². The lowest BCUT2D eigenvalue weighted by atomic mass is 9.73. The lowest BCUT2D eigenvalue weighted by Gasteiger charge is -2.40. The Balaban J connectivity index is 1.36. The third-order valence-electron chi connectivity index (χ3n) is 7.32. The van der Waals surface area contributed by atoms with Gasteiger partial charge in [0.2, 0.25) is 5.91 Å². The van der Waals surface area contributed by atoms with Crippen LogP contribution in [0.15, 0.2) is 59.6 Å². The Hall–Kier alpha value is -2.36. The van der Waals surface area contributed by atoms with E-state index in [9.17, 15) is 15.1 Å². The number of piperidine rings is 1. The van der Waals surface area contributed by atoms with Gasteiger partial charge in [0.15, 0.2) is 0 Å². The van der Waals surface area contributed by atoms with Gasteiger partial charge in [-0.25, -0.2) is 5.48 Å². The largest absolute Gasteiger partial charge is 0.497 e. The van der Waals surface area contributed by atoms with E-state index < -0.39 is 11.5 Å². The van der Waals surface area contributed by atoms with Crippen molar-refractivity contribution in [2.24, 2.45) is 5.41 Å². The van der Waals surface area contributed by atoms with Crippen LogP contribution in [0.25, 0.3) is 10.9 Å². The van der Waals surface area contributed by atoms with E-state index in [-0.39, 0.29) is 5.91 Å². The van der Waals surface area contributed by atoms with Crippen LogP contribution in [0.4, 0.5) is 0 Å². The average molecular weight is 544 g/mol. The standard InChI is InChI=1S/C28H34ClN3O4S/c1-36-20-8-9-24-22(18-20)26(23(29)19-30-24)25(33)10-11-28(27(34)31-35)12-15-32(16-13-28)14-5-17-37-21-6-3-2-4-7-21/h2-4,6-9,18-19,25,33,35H,5,10-17H2,1H3,(H,31,34)/t25-/m1/s1. The number of aliphatic hydroxyl groups is 1. The number of nitrogens with one attached hydrogen (secondary N) is 1. The minimum Gasteiger partial charge on any atom is -0.497 e. The minimum absolute atomic E-state index is 0.331. The van der Waals surface area contributed by atoms with Crippen LogP contribution in [-0.2, 0) is 4.79 Å². The monoisotopic (exact) mass is 543 g/mol. The normalized spacial score (nSPS) is 16.4. The van der Waals surface area contributed by atoms with Crippen molar-refractivity contribution in [2.75, 3.05) is 32.5 Å². The molecule has 7 nitrogen and oxygen atoms in total. The van der Waals surface area contributed by atoms with Crippen molar-refractivity contribution in [1.29, 1.82) is 0 Å². The molecule has 0 unspecified atom stereocenters. The van der Waals surface area contributed by atoms with E-state index in [0.717, 1.165) is 37.2 Å². The predicted octanol–water partition coefficient (Wildman–Crippen LogP) is 5.48. The molecule has 2 aromatic carbocycles. The van der Waals surface area contributed by atoms with Gasteiger partial charge in [0.1, 0.15) is 5.75 Å². The number of fused-ring (bicyclic) bond motifs is 1. The second-order valence-electron chi connectivity index (χ2n) is 9.54. The second-order valence-corrected chi connectivity index (χ2v) is 11.1. The summed E-state index contributed by atoms with van der Waals surface area (Å²) >= 11 is 8.32. The number of hydrogen-bond acceptors (Lipinski definition) is 7. The molecule has 2 heterocycles. The highest BCUT2D eigenvalue weighted by molar-refractivity contribution is 7.99. The zero-order valence-corrected chi connectivity index (χ0v) is 22.6. The molecule has 1 aliphatic rings.